The average molecular weight is 504 g/mol. The number of hydrogen-bond donors (Lipinski definition) is 0. The van der Waals surface area contributed by atoms with Gasteiger partial charge in [-0.25, -0.2) is 18.4 Å². The molecule has 0 aliphatic carbocycles. The molecule has 2 aromatic heterocycles. The minimum atomic E-state index is -0.288. The molecule has 0 unspecified atom stereocenters. The van der Waals surface area contributed by atoms with E-state index in [0.717, 1.165) is 48.0 Å². The fraction of sp³-hybridized carbons (Fsp3) is 0.231. The van der Waals surface area contributed by atoms with E-state index in [1.807, 2.05) is 18.2 Å². The number of piperazine rings is 1. The quantitative estimate of drug-likeness (QED) is 0.340. The molecule has 1 atom stereocenters. The van der Waals surface area contributed by atoms with Gasteiger partial charge in [0, 0.05) is 26.2 Å². The van der Waals surface area contributed by atoms with Crippen molar-refractivity contribution >= 4 is 26.7 Å². The van der Waals surface area contributed by atoms with E-state index in [4.69, 9.17) is 4.98 Å². The number of tetrazole rings is 1. The molecule has 0 amide bonds. The third kappa shape index (κ3) is 4.57. The predicted octanol–water partition coefficient (Wildman–Crippen LogP) is 4.52. The summed E-state index contributed by atoms with van der Waals surface area (Å²) in [4.78, 5) is 9.45. The Kier molecular flexibility index (Phi) is 6.12. The highest BCUT2D eigenvalue weighted by Crippen LogP contribution is 2.32. The van der Waals surface area contributed by atoms with Gasteiger partial charge in [-0.15, -0.1) is 5.10 Å². The van der Waals surface area contributed by atoms with Crippen molar-refractivity contribution in [3.63, 3.8) is 0 Å². The van der Waals surface area contributed by atoms with E-state index < -0.39 is 0 Å². The van der Waals surface area contributed by atoms with Gasteiger partial charge in [0.1, 0.15) is 11.6 Å². The van der Waals surface area contributed by atoms with Gasteiger partial charge in [0.15, 0.2) is 11.0 Å². The Balaban J connectivity index is 1.27. The highest BCUT2D eigenvalue weighted by molar-refractivity contribution is 7.22. The van der Waals surface area contributed by atoms with Crippen LogP contribution in [0.3, 0.4) is 0 Å². The van der Waals surface area contributed by atoms with Crippen LogP contribution in [0.25, 0.3) is 10.2 Å². The van der Waals surface area contributed by atoms with Crippen molar-refractivity contribution in [2.24, 2.45) is 0 Å². The second kappa shape index (κ2) is 9.71. The molecule has 0 N–H and O–H groups in total. The van der Waals surface area contributed by atoms with Gasteiger partial charge in [0.05, 0.1) is 22.8 Å². The van der Waals surface area contributed by atoms with Crippen LogP contribution in [0, 0.1) is 11.6 Å². The number of halogens is 2. The summed E-state index contributed by atoms with van der Waals surface area (Å²) < 4.78 is 30.1. The van der Waals surface area contributed by atoms with Crippen molar-refractivity contribution in [2.75, 3.05) is 31.1 Å². The van der Waals surface area contributed by atoms with Crippen LogP contribution in [0.5, 0.6) is 0 Å². The normalized spacial score (nSPS) is 15.4. The number of benzene rings is 3. The summed E-state index contributed by atoms with van der Waals surface area (Å²) in [6.07, 6.45) is 0. The van der Waals surface area contributed by atoms with Crippen LogP contribution in [0.4, 0.5) is 13.9 Å². The largest absolute Gasteiger partial charge is 0.345 e. The highest BCUT2D eigenvalue weighted by atomic mass is 32.1. The maximum atomic E-state index is 13.8. The number of rotatable bonds is 6. The molecule has 182 valence electrons. The maximum Gasteiger partial charge on any atom is 0.186 e. The molecule has 3 heterocycles. The molecule has 10 heteroatoms. The lowest BCUT2D eigenvalue weighted by Crippen LogP contribution is -2.48. The topological polar surface area (TPSA) is 63.0 Å². The molecule has 6 rings (SSSR count). The first-order valence-electron chi connectivity index (χ1n) is 11.7. The van der Waals surface area contributed by atoms with Gasteiger partial charge in [0.25, 0.3) is 0 Å². The first kappa shape index (κ1) is 22.7. The predicted molar refractivity (Wildman–Crippen MR) is 135 cm³/mol. The Morgan fingerprint density at radius 2 is 1.53 bits per heavy atom. The summed E-state index contributed by atoms with van der Waals surface area (Å²) in [5.41, 5.74) is 2.83. The Bertz CT molecular complexity index is 1420. The number of thiazole rings is 1. The van der Waals surface area contributed by atoms with E-state index in [2.05, 4.69) is 31.4 Å². The van der Waals surface area contributed by atoms with E-state index in [9.17, 15) is 8.78 Å². The second-order valence-electron chi connectivity index (χ2n) is 8.76. The van der Waals surface area contributed by atoms with Crippen LogP contribution in [0.1, 0.15) is 23.0 Å². The Morgan fingerprint density at radius 3 is 2.25 bits per heavy atom. The van der Waals surface area contributed by atoms with Crippen LogP contribution in [0.15, 0.2) is 72.8 Å². The number of anilines is 1. The molecular weight excluding hydrogens is 480 g/mol. The SMILES string of the molecule is Fc1ccc(Cn2nnnc2[C@@H](c2ccc(F)cc2)N2CCN(c3nc4ccccc4s3)CC2)cc1. The first-order valence-corrected chi connectivity index (χ1v) is 12.6. The molecule has 0 saturated carbocycles. The van der Waals surface area contributed by atoms with E-state index in [1.165, 1.54) is 29.0 Å². The summed E-state index contributed by atoms with van der Waals surface area (Å²) in [5.74, 6) is 0.0919. The Hall–Kier alpha value is -3.76. The summed E-state index contributed by atoms with van der Waals surface area (Å²) in [7, 11) is 0. The zero-order valence-electron chi connectivity index (χ0n) is 19.3. The lowest BCUT2D eigenvalue weighted by Gasteiger charge is -2.38. The first-order chi connectivity index (χ1) is 17.6. The van der Waals surface area contributed by atoms with E-state index in [1.54, 1.807) is 40.3 Å². The fourth-order valence-electron chi connectivity index (χ4n) is 4.62. The molecule has 3 aromatic carbocycles. The van der Waals surface area contributed by atoms with Gasteiger partial charge < -0.3 is 4.90 Å². The second-order valence-corrected chi connectivity index (χ2v) is 9.77. The zero-order chi connectivity index (χ0) is 24.5. The number of hydrogen-bond acceptors (Lipinski definition) is 7. The molecule has 5 aromatic rings. The lowest BCUT2D eigenvalue weighted by atomic mass is 10.0. The molecule has 1 saturated heterocycles. The standard InChI is InChI=1S/C26H23F2N7S/c27-20-9-5-18(6-10-20)17-35-25(30-31-32-35)24(19-7-11-21(28)12-8-19)33-13-15-34(16-14-33)26-29-22-3-1-2-4-23(22)36-26/h1-12,24H,13-17H2/t24-/m1/s1. The van der Waals surface area contributed by atoms with Crippen molar-refractivity contribution in [3.8, 4) is 0 Å². The molecule has 0 radical (unpaired) electrons. The summed E-state index contributed by atoms with van der Waals surface area (Å²) >= 11 is 1.71. The van der Waals surface area contributed by atoms with Gasteiger partial charge in [0.2, 0.25) is 0 Å². The highest BCUT2D eigenvalue weighted by Gasteiger charge is 2.31. The van der Waals surface area contributed by atoms with Crippen molar-refractivity contribution < 1.29 is 8.78 Å². The van der Waals surface area contributed by atoms with Gasteiger partial charge in [-0.2, -0.15) is 0 Å². The van der Waals surface area contributed by atoms with E-state index in [0.29, 0.717) is 12.4 Å². The third-order valence-corrected chi connectivity index (χ3v) is 7.57. The smallest absolute Gasteiger partial charge is 0.186 e. The average Bonchev–Trinajstić information content (AvgIpc) is 3.54. The monoisotopic (exact) mass is 503 g/mol. The fourth-order valence-corrected chi connectivity index (χ4v) is 5.63. The summed E-state index contributed by atoms with van der Waals surface area (Å²) in [6.45, 7) is 3.54. The molecule has 7 nitrogen and oxygen atoms in total. The van der Waals surface area contributed by atoms with Crippen molar-refractivity contribution in [1.82, 2.24) is 30.1 Å². The van der Waals surface area contributed by atoms with Crippen molar-refractivity contribution in [2.45, 2.75) is 12.6 Å². The van der Waals surface area contributed by atoms with Crippen molar-refractivity contribution in [3.05, 3.63) is 101 Å². The number of para-hydroxylation sites is 1. The third-order valence-electron chi connectivity index (χ3n) is 6.47. The Morgan fingerprint density at radius 1 is 0.833 bits per heavy atom. The Labute approximate surface area is 210 Å². The zero-order valence-corrected chi connectivity index (χ0v) is 20.2. The van der Waals surface area contributed by atoms with E-state index in [-0.39, 0.29) is 17.7 Å². The molecule has 1 fully saturated rings. The van der Waals surface area contributed by atoms with Crippen LogP contribution in [-0.4, -0.2) is 56.3 Å². The summed E-state index contributed by atoms with van der Waals surface area (Å²) in [6, 6.07) is 20.7. The minimum Gasteiger partial charge on any atom is -0.345 e. The number of aromatic nitrogens is 5. The van der Waals surface area contributed by atoms with Gasteiger partial charge in [-0.1, -0.05) is 47.7 Å². The van der Waals surface area contributed by atoms with Crippen LogP contribution in [0.2, 0.25) is 0 Å². The molecule has 1 aliphatic heterocycles. The molecule has 1 aliphatic rings. The van der Waals surface area contributed by atoms with Crippen molar-refractivity contribution in [1.29, 1.82) is 0 Å². The van der Waals surface area contributed by atoms with Crippen LogP contribution < -0.4 is 4.90 Å². The van der Waals surface area contributed by atoms with Crippen LogP contribution >= 0.6 is 11.3 Å². The summed E-state index contributed by atoms with van der Waals surface area (Å²) in [5, 5.41) is 13.6. The molecular formula is C26H23F2N7S. The lowest BCUT2D eigenvalue weighted by molar-refractivity contribution is 0.201. The van der Waals surface area contributed by atoms with Gasteiger partial charge in [-0.05, 0) is 58.0 Å². The molecule has 36 heavy (non-hydrogen) atoms. The van der Waals surface area contributed by atoms with Gasteiger partial charge >= 0.3 is 0 Å². The number of nitrogens with zero attached hydrogens (tertiary/aromatic N) is 7. The van der Waals surface area contributed by atoms with E-state index >= 15 is 0 Å². The minimum absolute atomic E-state index is 0.251. The van der Waals surface area contributed by atoms with Gasteiger partial charge in [-0.3, -0.25) is 4.90 Å². The molecule has 0 bridgehead atoms. The number of fused-ring (bicyclic) bond motifs is 1. The molecule has 0 spiro atoms. The maximum absolute atomic E-state index is 13.8. The van der Waals surface area contributed by atoms with Crippen LogP contribution in [-0.2, 0) is 6.54 Å².